The standard InChI is InChI=1S/C11H13Cl2NO2/c1-14(7-11(15)16)6-10(13)8-2-4-9(12)5-3-8/h2-5,10H,6-7H2,1H3,(H,15,16). The molecular formula is C11H13Cl2NO2. The Labute approximate surface area is 105 Å². The third-order valence-electron chi connectivity index (χ3n) is 2.11. The number of carboxylic acid groups (broad SMARTS) is 1. The number of carbonyl (C=O) groups is 1. The molecule has 1 aromatic carbocycles. The zero-order chi connectivity index (χ0) is 12.1. The lowest BCUT2D eigenvalue weighted by Crippen LogP contribution is -2.28. The van der Waals surface area contributed by atoms with Crippen molar-refractivity contribution in [1.82, 2.24) is 4.90 Å². The Kier molecular flexibility index (Phi) is 5.06. The summed E-state index contributed by atoms with van der Waals surface area (Å²) < 4.78 is 0. The van der Waals surface area contributed by atoms with Crippen LogP contribution in [0.2, 0.25) is 5.02 Å². The quantitative estimate of drug-likeness (QED) is 0.829. The lowest BCUT2D eigenvalue weighted by Gasteiger charge is -2.18. The Bertz CT molecular complexity index is 354. The van der Waals surface area contributed by atoms with E-state index in [2.05, 4.69) is 0 Å². The Morgan fingerprint density at radius 2 is 2.00 bits per heavy atom. The van der Waals surface area contributed by atoms with E-state index in [4.69, 9.17) is 28.3 Å². The lowest BCUT2D eigenvalue weighted by atomic mass is 10.1. The van der Waals surface area contributed by atoms with Gasteiger partial charge in [0.05, 0.1) is 11.9 Å². The largest absolute Gasteiger partial charge is 0.480 e. The highest BCUT2D eigenvalue weighted by atomic mass is 35.5. The molecule has 1 atom stereocenters. The van der Waals surface area contributed by atoms with E-state index in [0.717, 1.165) is 5.56 Å². The third-order valence-corrected chi connectivity index (χ3v) is 2.75. The predicted molar refractivity (Wildman–Crippen MR) is 65.2 cm³/mol. The van der Waals surface area contributed by atoms with Gasteiger partial charge in [0.2, 0.25) is 0 Å². The van der Waals surface area contributed by atoms with Gasteiger partial charge in [0.25, 0.3) is 0 Å². The molecule has 0 radical (unpaired) electrons. The number of likely N-dealkylation sites (N-methyl/N-ethyl adjacent to an activating group) is 1. The molecule has 0 aromatic heterocycles. The average molecular weight is 262 g/mol. The van der Waals surface area contributed by atoms with E-state index in [1.165, 1.54) is 0 Å². The number of benzene rings is 1. The van der Waals surface area contributed by atoms with Gasteiger partial charge in [-0.2, -0.15) is 0 Å². The molecule has 0 fully saturated rings. The summed E-state index contributed by atoms with van der Waals surface area (Å²) in [6.07, 6.45) is 0. The molecule has 5 heteroatoms. The molecule has 1 N–H and O–H groups in total. The van der Waals surface area contributed by atoms with Crippen LogP contribution in [0, 0.1) is 0 Å². The van der Waals surface area contributed by atoms with Gasteiger partial charge in [0.15, 0.2) is 0 Å². The molecule has 0 aliphatic rings. The van der Waals surface area contributed by atoms with Gasteiger partial charge in [-0.1, -0.05) is 23.7 Å². The molecule has 0 aliphatic heterocycles. The highest BCUT2D eigenvalue weighted by Crippen LogP contribution is 2.22. The van der Waals surface area contributed by atoms with Crippen molar-refractivity contribution >= 4 is 29.2 Å². The molecule has 0 heterocycles. The third kappa shape index (κ3) is 4.39. The summed E-state index contributed by atoms with van der Waals surface area (Å²) in [6.45, 7) is 0.465. The number of rotatable bonds is 5. The Morgan fingerprint density at radius 1 is 1.44 bits per heavy atom. The first-order valence-corrected chi connectivity index (χ1v) is 5.60. The van der Waals surface area contributed by atoms with Crippen LogP contribution in [-0.2, 0) is 4.79 Å². The SMILES string of the molecule is CN(CC(=O)O)CC(Cl)c1ccc(Cl)cc1. The molecule has 0 amide bonds. The Hall–Kier alpha value is -0.770. The van der Waals surface area contributed by atoms with Crippen LogP contribution in [0.1, 0.15) is 10.9 Å². The van der Waals surface area contributed by atoms with Gasteiger partial charge in [-0.3, -0.25) is 9.69 Å². The van der Waals surface area contributed by atoms with Gasteiger partial charge >= 0.3 is 5.97 Å². The number of hydrogen-bond acceptors (Lipinski definition) is 2. The summed E-state index contributed by atoms with van der Waals surface area (Å²) in [6, 6.07) is 7.22. The second-order valence-electron chi connectivity index (χ2n) is 3.61. The second kappa shape index (κ2) is 6.09. The summed E-state index contributed by atoms with van der Waals surface area (Å²) >= 11 is 11.9. The molecule has 16 heavy (non-hydrogen) atoms. The van der Waals surface area contributed by atoms with Gasteiger partial charge in [0.1, 0.15) is 0 Å². The predicted octanol–water partition coefficient (Wildman–Crippen LogP) is 2.64. The molecular weight excluding hydrogens is 249 g/mol. The summed E-state index contributed by atoms with van der Waals surface area (Å²) in [5.41, 5.74) is 0.934. The van der Waals surface area contributed by atoms with Gasteiger partial charge in [-0.15, -0.1) is 11.6 Å². The molecule has 1 aromatic rings. The zero-order valence-electron chi connectivity index (χ0n) is 8.86. The topological polar surface area (TPSA) is 40.5 Å². The second-order valence-corrected chi connectivity index (χ2v) is 4.57. The summed E-state index contributed by atoms with van der Waals surface area (Å²) in [5.74, 6) is -0.859. The first-order chi connectivity index (χ1) is 7.49. The lowest BCUT2D eigenvalue weighted by molar-refractivity contribution is -0.137. The van der Waals surface area contributed by atoms with Gasteiger partial charge < -0.3 is 5.11 Å². The van der Waals surface area contributed by atoms with Crippen molar-refractivity contribution in [3.63, 3.8) is 0 Å². The van der Waals surface area contributed by atoms with E-state index in [1.807, 2.05) is 12.1 Å². The molecule has 0 saturated heterocycles. The van der Waals surface area contributed by atoms with Crippen molar-refractivity contribution in [3.05, 3.63) is 34.9 Å². The maximum Gasteiger partial charge on any atom is 0.317 e. The van der Waals surface area contributed by atoms with E-state index >= 15 is 0 Å². The summed E-state index contributed by atoms with van der Waals surface area (Å²) in [7, 11) is 1.72. The van der Waals surface area contributed by atoms with Crippen molar-refractivity contribution in [3.8, 4) is 0 Å². The van der Waals surface area contributed by atoms with Crippen LogP contribution in [0.3, 0.4) is 0 Å². The molecule has 0 aliphatic carbocycles. The van der Waals surface area contributed by atoms with Gasteiger partial charge in [-0.05, 0) is 24.7 Å². The molecule has 88 valence electrons. The van der Waals surface area contributed by atoms with E-state index in [9.17, 15) is 4.79 Å². The van der Waals surface area contributed by atoms with Crippen molar-refractivity contribution in [2.75, 3.05) is 20.1 Å². The molecule has 0 spiro atoms. The molecule has 1 rings (SSSR count). The zero-order valence-corrected chi connectivity index (χ0v) is 10.4. The van der Waals surface area contributed by atoms with Crippen LogP contribution >= 0.6 is 23.2 Å². The summed E-state index contributed by atoms with van der Waals surface area (Å²) in [5, 5.41) is 9.03. The normalized spacial score (nSPS) is 12.8. The fourth-order valence-corrected chi connectivity index (χ4v) is 1.85. The fraction of sp³-hybridized carbons (Fsp3) is 0.364. The minimum absolute atomic E-state index is 0.0171. The van der Waals surface area contributed by atoms with Crippen molar-refractivity contribution in [2.24, 2.45) is 0 Å². The average Bonchev–Trinajstić information content (AvgIpc) is 2.16. The number of alkyl halides is 1. The number of carboxylic acids is 1. The Balaban J connectivity index is 2.54. The van der Waals surface area contributed by atoms with Crippen molar-refractivity contribution < 1.29 is 9.90 Å². The number of halogens is 2. The van der Waals surface area contributed by atoms with Crippen LogP contribution in [0.25, 0.3) is 0 Å². The van der Waals surface area contributed by atoms with Crippen LogP contribution in [0.4, 0.5) is 0 Å². The summed E-state index contributed by atoms with van der Waals surface area (Å²) in [4.78, 5) is 12.1. The van der Waals surface area contributed by atoms with Crippen LogP contribution in [-0.4, -0.2) is 36.1 Å². The number of nitrogens with zero attached hydrogens (tertiary/aromatic N) is 1. The van der Waals surface area contributed by atoms with Crippen molar-refractivity contribution in [1.29, 1.82) is 0 Å². The number of aliphatic carboxylic acids is 1. The van der Waals surface area contributed by atoms with Gasteiger partial charge in [-0.25, -0.2) is 0 Å². The minimum Gasteiger partial charge on any atom is -0.480 e. The minimum atomic E-state index is -0.859. The van der Waals surface area contributed by atoms with Crippen LogP contribution < -0.4 is 0 Å². The monoisotopic (exact) mass is 261 g/mol. The van der Waals surface area contributed by atoms with Gasteiger partial charge in [0, 0.05) is 11.6 Å². The van der Waals surface area contributed by atoms with E-state index in [1.54, 1.807) is 24.1 Å². The fourth-order valence-electron chi connectivity index (χ4n) is 1.35. The van der Waals surface area contributed by atoms with E-state index < -0.39 is 5.97 Å². The molecule has 3 nitrogen and oxygen atoms in total. The van der Waals surface area contributed by atoms with Crippen molar-refractivity contribution in [2.45, 2.75) is 5.38 Å². The Morgan fingerprint density at radius 3 is 2.50 bits per heavy atom. The molecule has 1 unspecified atom stereocenters. The highest BCUT2D eigenvalue weighted by molar-refractivity contribution is 6.30. The smallest absolute Gasteiger partial charge is 0.317 e. The van der Waals surface area contributed by atoms with E-state index in [0.29, 0.717) is 11.6 Å². The maximum absolute atomic E-state index is 10.5. The maximum atomic E-state index is 10.5. The van der Waals surface area contributed by atoms with E-state index in [-0.39, 0.29) is 11.9 Å². The highest BCUT2D eigenvalue weighted by Gasteiger charge is 2.12. The molecule has 0 bridgehead atoms. The van der Waals surface area contributed by atoms with Crippen LogP contribution in [0.5, 0.6) is 0 Å². The first kappa shape index (κ1) is 13.3. The molecule has 0 saturated carbocycles. The first-order valence-electron chi connectivity index (χ1n) is 4.79. The number of hydrogen-bond donors (Lipinski definition) is 1. The van der Waals surface area contributed by atoms with Crippen LogP contribution in [0.15, 0.2) is 24.3 Å².